The second kappa shape index (κ2) is 13.9. The smallest absolute Gasteiger partial charge is 0.0619 e. The van der Waals surface area contributed by atoms with Gasteiger partial charge in [0, 0.05) is 38.6 Å². The molecule has 2 heteroatoms. The minimum atomic E-state index is 1.10. The summed E-state index contributed by atoms with van der Waals surface area (Å²) in [5, 5.41) is 12.5. The number of fused-ring (bicyclic) bond motifs is 9. The first kappa shape index (κ1) is 34.1. The zero-order chi connectivity index (χ0) is 39.6. The summed E-state index contributed by atoms with van der Waals surface area (Å²) in [6.45, 7) is 0. The van der Waals surface area contributed by atoms with Crippen LogP contribution in [0.25, 0.3) is 92.8 Å². The molecule has 0 N–H and O–H groups in total. The van der Waals surface area contributed by atoms with E-state index in [0.29, 0.717) is 0 Å². The summed E-state index contributed by atoms with van der Waals surface area (Å²) in [7, 11) is 0. The molecular formula is C58H38N2. The summed E-state index contributed by atoms with van der Waals surface area (Å²) in [6, 6.07) is 84.2. The predicted octanol–water partition coefficient (Wildman–Crippen LogP) is 16.2. The Bertz CT molecular complexity index is 3580. The van der Waals surface area contributed by atoms with Crippen molar-refractivity contribution in [3.63, 3.8) is 0 Å². The van der Waals surface area contributed by atoms with Gasteiger partial charge >= 0.3 is 0 Å². The highest BCUT2D eigenvalue weighted by Crippen LogP contribution is 2.43. The fraction of sp³-hybridized carbons (Fsp3) is 0. The van der Waals surface area contributed by atoms with Gasteiger partial charge in [-0.25, -0.2) is 0 Å². The molecule has 2 nitrogen and oxygen atoms in total. The molecule has 60 heavy (non-hydrogen) atoms. The maximum Gasteiger partial charge on any atom is 0.0619 e. The normalized spacial score (nSPS) is 11.7. The molecule has 0 atom stereocenters. The van der Waals surface area contributed by atoms with Crippen LogP contribution in [0.15, 0.2) is 231 Å². The molecule has 0 aliphatic carbocycles. The van der Waals surface area contributed by atoms with Gasteiger partial charge < -0.3 is 9.47 Å². The van der Waals surface area contributed by atoms with Crippen LogP contribution in [0.5, 0.6) is 0 Å². The Balaban J connectivity index is 0.984. The molecule has 12 aromatic rings. The molecule has 0 amide bonds. The Morgan fingerprint density at radius 3 is 1.60 bits per heavy atom. The highest BCUT2D eigenvalue weighted by Gasteiger charge is 2.19. The van der Waals surface area contributed by atoms with Crippen molar-refractivity contribution >= 4 is 82.0 Å². The van der Waals surface area contributed by atoms with Gasteiger partial charge in [0.25, 0.3) is 0 Å². The minimum Gasteiger partial charge on any atom is -0.310 e. The van der Waals surface area contributed by atoms with Crippen LogP contribution in [0.4, 0.5) is 17.1 Å². The van der Waals surface area contributed by atoms with Crippen LogP contribution >= 0.6 is 0 Å². The van der Waals surface area contributed by atoms with E-state index in [9.17, 15) is 0 Å². The van der Waals surface area contributed by atoms with Crippen molar-refractivity contribution in [1.29, 1.82) is 0 Å². The monoisotopic (exact) mass is 762 g/mol. The fourth-order valence-electron chi connectivity index (χ4n) is 9.52. The zero-order valence-corrected chi connectivity index (χ0v) is 32.8. The van der Waals surface area contributed by atoms with Gasteiger partial charge in [0.1, 0.15) is 0 Å². The number of anilines is 3. The molecule has 1 heterocycles. The summed E-state index contributed by atoms with van der Waals surface area (Å²) < 4.78 is 2.44. The highest BCUT2D eigenvalue weighted by atomic mass is 15.1. The van der Waals surface area contributed by atoms with Gasteiger partial charge in [-0.15, -0.1) is 0 Å². The lowest BCUT2D eigenvalue weighted by atomic mass is 9.93. The van der Waals surface area contributed by atoms with E-state index in [-0.39, 0.29) is 0 Å². The number of hydrogen-bond donors (Lipinski definition) is 0. The van der Waals surface area contributed by atoms with Crippen LogP contribution in [-0.4, -0.2) is 4.57 Å². The number of aromatic nitrogens is 1. The van der Waals surface area contributed by atoms with E-state index in [1.54, 1.807) is 0 Å². The first-order chi connectivity index (χ1) is 29.8. The van der Waals surface area contributed by atoms with Gasteiger partial charge in [-0.05, 0) is 109 Å². The summed E-state index contributed by atoms with van der Waals surface area (Å²) in [6.07, 6.45) is 0. The molecule has 11 aromatic carbocycles. The standard InChI is InChI=1S/C58H38N2/c1-2-17-45(18-3-1)60-57-38-43(30-35-53(57)54-36-29-41-14-5-9-21-50(41)58(54)60)39-25-31-46(32-26-39)59(56-24-12-16-40-13-4-8-20-49(40)56)47-33-27-42(28-34-47)55-37-44-15-6-7-19-48(44)51-22-10-11-23-52(51)55/h1-38H. The van der Waals surface area contributed by atoms with Crippen LogP contribution in [-0.2, 0) is 0 Å². The number of rotatable bonds is 6. The molecule has 0 aliphatic rings. The van der Waals surface area contributed by atoms with Crippen LogP contribution in [0.2, 0.25) is 0 Å². The van der Waals surface area contributed by atoms with Crippen molar-refractivity contribution in [3.8, 4) is 27.9 Å². The van der Waals surface area contributed by atoms with Crippen molar-refractivity contribution in [3.05, 3.63) is 231 Å². The average molecular weight is 763 g/mol. The average Bonchev–Trinajstić information content (AvgIpc) is 3.66. The topological polar surface area (TPSA) is 8.17 Å². The molecule has 0 fully saturated rings. The predicted molar refractivity (Wildman–Crippen MR) is 256 cm³/mol. The van der Waals surface area contributed by atoms with Gasteiger partial charge in [0.15, 0.2) is 0 Å². The number of para-hydroxylation sites is 1. The summed E-state index contributed by atoms with van der Waals surface area (Å²) in [5.41, 5.74) is 11.8. The van der Waals surface area contributed by atoms with Crippen molar-refractivity contribution in [2.75, 3.05) is 4.90 Å². The summed E-state index contributed by atoms with van der Waals surface area (Å²) >= 11 is 0. The Morgan fingerprint density at radius 1 is 0.300 bits per heavy atom. The van der Waals surface area contributed by atoms with Gasteiger partial charge in [0.2, 0.25) is 0 Å². The fourth-order valence-corrected chi connectivity index (χ4v) is 9.52. The van der Waals surface area contributed by atoms with E-state index in [0.717, 1.165) is 22.7 Å². The molecular weight excluding hydrogens is 725 g/mol. The van der Waals surface area contributed by atoms with Crippen LogP contribution in [0, 0.1) is 0 Å². The van der Waals surface area contributed by atoms with Crippen LogP contribution < -0.4 is 4.90 Å². The van der Waals surface area contributed by atoms with E-state index in [4.69, 9.17) is 0 Å². The molecule has 0 radical (unpaired) electrons. The molecule has 0 unspecified atom stereocenters. The van der Waals surface area contributed by atoms with E-state index in [1.807, 2.05) is 0 Å². The first-order valence-electron chi connectivity index (χ1n) is 20.7. The van der Waals surface area contributed by atoms with Gasteiger partial charge in [-0.1, -0.05) is 176 Å². The number of benzene rings is 11. The maximum atomic E-state index is 2.44. The molecule has 1 aromatic heterocycles. The van der Waals surface area contributed by atoms with Crippen molar-refractivity contribution < 1.29 is 0 Å². The largest absolute Gasteiger partial charge is 0.310 e. The molecule has 0 saturated heterocycles. The van der Waals surface area contributed by atoms with E-state index in [2.05, 4.69) is 240 Å². The summed E-state index contributed by atoms with van der Waals surface area (Å²) in [5.74, 6) is 0. The number of nitrogens with zero attached hydrogens (tertiary/aromatic N) is 2. The highest BCUT2D eigenvalue weighted by molar-refractivity contribution is 6.19. The lowest BCUT2D eigenvalue weighted by Gasteiger charge is -2.27. The summed E-state index contributed by atoms with van der Waals surface area (Å²) in [4.78, 5) is 2.40. The third-order valence-electron chi connectivity index (χ3n) is 12.3. The molecule has 12 rings (SSSR count). The Labute approximate surface area is 348 Å². The molecule has 280 valence electrons. The Hall–Kier alpha value is -7.94. The zero-order valence-electron chi connectivity index (χ0n) is 32.8. The van der Waals surface area contributed by atoms with Crippen molar-refractivity contribution in [1.82, 2.24) is 4.57 Å². The third-order valence-corrected chi connectivity index (χ3v) is 12.3. The lowest BCUT2D eigenvalue weighted by Crippen LogP contribution is -2.10. The van der Waals surface area contributed by atoms with Gasteiger partial charge in [-0.2, -0.15) is 0 Å². The quantitative estimate of drug-likeness (QED) is 0.153. The third kappa shape index (κ3) is 5.50. The Morgan fingerprint density at radius 2 is 0.850 bits per heavy atom. The molecule has 0 saturated carbocycles. The minimum absolute atomic E-state index is 1.10. The second-order valence-corrected chi connectivity index (χ2v) is 15.7. The van der Waals surface area contributed by atoms with Crippen LogP contribution in [0.3, 0.4) is 0 Å². The molecule has 0 aliphatic heterocycles. The second-order valence-electron chi connectivity index (χ2n) is 15.7. The van der Waals surface area contributed by atoms with E-state index in [1.165, 1.54) is 87.1 Å². The van der Waals surface area contributed by atoms with Crippen LogP contribution in [0.1, 0.15) is 0 Å². The lowest BCUT2D eigenvalue weighted by molar-refractivity contribution is 1.19. The van der Waals surface area contributed by atoms with E-state index < -0.39 is 0 Å². The number of hydrogen-bond acceptors (Lipinski definition) is 1. The SMILES string of the molecule is c1ccc(-n2c3cc(-c4ccc(N(c5ccc(-c6cc7ccccc7c7ccccc67)cc5)c5cccc6ccccc56)cc4)ccc3c3ccc4ccccc4c32)cc1. The Kier molecular flexibility index (Phi) is 7.89. The maximum absolute atomic E-state index is 2.44. The van der Waals surface area contributed by atoms with Gasteiger partial charge in [-0.3, -0.25) is 0 Å². The molecule has 0 spiro atoms. The first-order valence-corrected chi connectivity index (χ1v) is 20.7. The molecule has 0 bridgehead atoms. The van der Waals surface area contributed by atoms with E-state index >= 15 is 0 Å². The van der Waals surface area contributed by atoms with Crippen molar-refractivity contribution in [2.45, 2.75) is 0 Å². The van der Waals surface area contributed by atoms with Crippen molar-refractivity contribution in [2.24, 2.45) is 0 Å². The van der Waals surface area contributed by atoms with Gasteiger partial charge in [0.05, 0.1) is 16.7 Å².